The molecule has 3 aliphatic carbocycles. The standard InChI is InChI=1S/C42H53ClFNO7/c1-27-7-6-17-41(2)36(16-18-42(41,50)26-45(24-31(48)25-46)23-29-12-14-32(51-3)21-40(29)52-4)33-15-11-28(19-30(47)13-10-27)20-34(33)39(49)22-35-37(43)8-5-9-38(35)44/h5,7-9,11-12,14-15,20-21,30-31,36,46-48,50H,6,10,13,16-19,22-26H2,1-4H3. The average molecular weight is 738 g/mol. The van der Waals surface area contributed by atoms with Crippen molar-refractivity contribution in [3.05, 3.63) is 105 Å². The maximum atomic E-state index is 14.9. The summed E-state index contributed by atoms with van der Waals surface area (Å²) < 4.78 is 26.0. The van der Waals surface area contributed by atoms with E-state index in [4.69, 9.17) is 21.1 Å². The Morgan fingerprint density at radius 2 is 1.88 bits per heavy atom. The van der Waals surface area contributed by atoms with E-state index in [0.29, 0.717) is 62.1 Å². The predicted molar refractivity (Wildman–Crippen MR) is 201 cm³/mol. The van der Waals surface area contributed by atoms with Crippen molar-refractivity contribution in [1.82, 2.24) is 4.90 Å². The molecule has 10 heteroatoms. The fourth-order valence-electron chi connectivity index (χ4n) is 8.33. The van der Waals surface area contributed by atoms with Gasteiger partial charge in [0.15, 0.2) is 5.78 Å². The van der Waals surface area contributed by atoms with E-state index < -0.39 is 35.6 Å². The van der Waals surface area contributed by atoms with Gasteiger partial charge in [0, 0.05) is 59.2 Å². The molecule has 3 aliphatic rings. The predicted octanol–water partition coefficient (Wildman–Crippen LogP) is 6.82. The van der Waals surface area contributed by atoms with Crippen LogP contribution >= 0.6 is 11.6 Å². The van der Waals surface area contributed by atoms with Gasteiger partial charge in [-0.3, -0.25) is 9.69 Å². The molecule has 0 spiro atoms. The summed E-state index contributed by atoms with van der Waals surface area (Å²) in [6.45, 7) is 4.35. The lowest BCUT2D eigenvalue weighted by Gasteiger charge is -2.46. The van der Waals surface area contributed by atoms with E-state index in [1.807, 2.05) is 35.2 Å². The van der Waals surface area contributed by atoms with Crippen molar-refractivity contribution in [2.75, 3.05) is 33.9 Å². The molecule has 0 heterocycles. The molecule has 0 amide bonds. The molecule has 52 heavy (non-hydrogen) atoms. The molecule has 5 atom stereocenters. The molecule has 3 aromatic rings. The van der Waals surface area contributed by atoms with Crippen LogP contribution in [0.2, 0.25) is 5.02 Å². The first-order valence-corrected chi connectivity index (χ1v) is 18.6. The van der Waals surface area contributed by atoms with Gasteiger partial charge in [-0.05, 0) is 93.2 Å². The monoisotopic (exact) mass is 737 g/mol. The van der Waals surface area contributed by atoms with Gasteiger partial charge in [0.25, 0.3) is 0 Å². The highest BCUT2D eigenvalue weighted by molar-refractivity contribution is 6.31. The number of fused-ring (bicyclic) bond motifs is 8. The molecule has 1 saturated carbocycles. The van der Waals surface area contributed by atoms with Crippen LogP contribution in [0.15, 0.2) is 66.2 Å². The Morgan fingerprint density at radius 1 is 1.10 bits per heavy atom. The van der Waals surface area contributed by atoms with Gasteiger partial charge < -0.3 is 29.9 Å². The van der Waals surface area contributed by atoms with Crippen LogP contribution in [0, 0.1) is 11.2 Å². The van der Waals surface area contributed by atoms with Crippen LogP contribution in [-0.2, 0) is 19.4 Å². The number of aliphatic hydroxyl groups is 4. The van der Waals surface area contributed by atoms with E-state index in [9.17, 15) is 29.6 Å². The molecular formula is C42H53ClFNO7. The molecule has 282 valence electrons. The van der Waals surface area contributed by atoms with Crippen molar-refractivity contribution in [2.24, 2.45) is 5.41 Å². The smallest absolute Gasteiger partial charge is 0.167 e. The van der Waals surface area contributed by atoms with Crippen molar-refractivity contribution in [3.8, 4) is 11.5 Å². The zero-order valence-corrected chi connectivity index (χ0v) is 31.5. The number of ether oxygens (including phenoxy) is 2. The number of allylic oxidation sites excluding steroid dienone is 2. The lowest BCUT2D eigenvalue weighted by molar-refractivity contribution is -0.0908. The Bertz CT molecular complexity index is 1730. The molecule has 0 aliphatic heterocycles. The van der Waals surface area contributed by atoms with Crippen molar-refractivity contribution >= 4 is 17.4 Å². The molecule has 6 rings (SSSR count). The van der Waals surface area contributed by atoms with Crippen molar-refractivity contribution < 1.29 is 39.1 Å². The Morgan fingerprint density at radius 3 is 2.60 bits per heavy atom. The second-order valence-corrected chi connectivity index (χ2v) is 15.3. The highest BCUT2D eigenvalue weighted by Crippen LogP contribution is 2.59. The Kier molecular flexibility index (Phi) is 13.2. The molecule has 2 bridgehead atoms. The highest BCUT2D eigenvalue weighted by Gasteiger charge is 2.57. The Hall–Kier alpha value is -3.31. The molecule has 0 aromatic heterocycles. The second-order valence-electron chi connectivity index (χ2n) is 14.9. The van der Waals surface area contributed by atoms with Crippen molar-refractivity contribution in [1.29, 1.82) is 0 Å². The fourth-order valence-corrected chi connectivity index (χ4v) is 8.56. The number of hydrogen-bond donors (Lipinski definition) is 4. The maximum Gasteiger partial charge on any atom is 0.167 e. The normalized spacial score (nSPS) is 24.2. The molecule has 5 unspecified atom stereocenters. The van der Waals surface area contributed by atoms with Crippen LogP contribution in [-0.4, -0.2) is 82.8 Å². The van der Waals surface area contributed by atoms with E-state index in [1.165, 1.54) is 17.7 Å². The minimum absolute atomic E-state index is 0.109. The molecule has 0 radical (unpaired) electrons. The second kappa shape index (κ2) is 17.2. The van der Waals surface area contributed by atoms with Crippen LogP contribution in [0.25, 0.3) is 0 Å². The van der Waals surface area contributed by atoms with Gasteiger partial charge in [0.1, 0.15) is 17.3 Å². The van der Waals surface area contributed by atoms with Crippen LogP contribution < -0.4 is 9.47 Å². The van der Waals surface area contributed by atoms with E-state index >= 15 is 0 Å². The van der Waals surface area contributed by atoms with Gasteiger partial charge in [-0.2, -0.15) is 0 Å². The molecule has 4 N–H and O–H groups in total. The summed E-state index contributed by atoms with van der Waals surface area (Å²) in [6.07, 6.45) is 4.28. The molecule has 8 nitrogen and oxygen atoms in total. The van der Waals surface area contributed by atoms with Gasteiger partial charge in [0.2, 0.25) is 0 Å². The maximum absolute atomic E-state index is 14.9. The van der Waals surface area contributed by atoms with E-state index in [-0.39, 0.29) is 41.8 Å². The minimum Gasteiger partial charge on any atom is -0.497 e. The van der Waals surface area contributed by atoms with Crippen LogP contribution in [0.5, 0.6) is 11.5 Å². The average Bonchev–Trinajstić information content (AvgIpc) is 3.37. The third kappa shape index (κ3) is 8.89. The lowest BCUT2D eigenvalue weighted by atomic mass is 9.64. The van der Waals surface area contributed by atoms with Gasteiger partial charge in [-0.1, -0.05) is 54.4 Å². The summed E-state index contributed by atoms with van der Waals surface area (Å²) in [5.41, 5.74) is 2.17. The topological polar surface area (TPSA) is 120 Å². The first kappa shape index (κ1) is 39.9. The number of Topliss-reactive ketones (excluding diaryl/α,β-unsaturated/α-hetero) is 1. The SMILES string of the molecule is COc1ccc(CN(CC(O)CO)CC2(O)CCC3c4ccc(cc4C(=O)Cc4c(F)cccc4Cl)CC(O)CCC(C)=CCCC32C)c(OC)c1. The summed E-state index contributed by atoms with van der Waals surface area (Å²) in [7, 11) is 3.16. The van der Waals surface area contributed by atoms with E-state index in [2.05, 4.69) is 19.9 Å². The van der Waals surface area contributed by atoms with Crippen molar-refractivity contribution in [3.63, 3.8) is 0 Å². The zero-order valence-electron chi connectivity index (χ0n) is 30.7. The highest BCUT2D eigenvalue weighted by atomic mass is 35.5. The first-order chi connectivity index (χ1) is 24.8. The van der Waals surface area contributed by atoms with Gasteiger partial charge in [-0.15, -0.1) is 0 Å². The third-order valence-corrected chi connectivity index (χ3v) is 11.8. The number of rotatable bonds is 12. The lowest BCUT2D eigenvalue weighted by Crippen LogP contribution is -2.53. The summed E-state index contributed by atoms with van der Waals surface area (Å²) >= 11 is 6.38. The summed E-state index contributed by atoms with van der Waals surface area (Å²) in [5, 5.41) is 44.6. The van der Waals surface area contributed by atoms with Crippen LogP contribution in [0.3, 0.4) is 0 Å². The largest absolute Gasteiger partial charge is 0.497 e. The molecule has 1 fully saturated rings. The number of hydrogen-bond acceptors (Lipinski definition) is 8. The number of benzene rings is 3. The number of carbonyl (C=O) groups excluding carboxylic acids is 1. The van der Waals surface area contributed by atoms with Crippen LogP contribution in [0.1, 0.15) is 90.9 Å². The van der Waals surface area contributed by atoms with Crippen molar-refractivity contribution in [2.45, 2.75) is 95.5 Å². The molecular weight excluding hydrogens is 685 g/mol. The summed E-state index contributed by atoms with van der Waals surface area (Å²) in [4.78, 5) is 16.2. The fraction of sp³-hybridized carbons (Fsp3) is 0.500. The van der Waals surface area contributed by atoms with Gasteiger partial charge in [-0.25, -0.2) is 4.39 Å². The van der Waals surface area contributed by atoms with E-state index in [1.54, 1.807) is 26.4 Å². The molecule has 3 aromatic carbocycles. The zero-order chi connectivity index (χ0) is 37.6. The number of ketones is 1. The van der Waals surface area contributed by atoms with Crippen LogP contribution in [0.4, 0.5) is 4.39 Å². The third-order valence-electron chi connectivity index (χ3n) is 11.4. The van der Waals surface area contributed by atoms with Gasteiger partial charge >= 0.3 is 0 Å². The summed E-state index contributed by atoms with van der Waals surface area (Å²) in [6, 6.07) is 15.6. The number of halogens is 2. The summed E-state index contributed by atoms with van der Waals surface area (Å²) in [5.74, 6) is 0.171. The number of methoxy groups -OCH3 is 2. The Labute approximate surface area is 311 Å². The first-order valence-electron chi connectivity index (χ1n) is 18.2. The van der Waals surface area contributed by atoms with E-state index in [0.717, 1.165) is 23.1 Å². The Balaban J connectivity index is 1.57. The number of carbonyl (C=O) groups is 1. The quantitative estimate of drug-likeness (QED) is 0.118. The minimum atomic E-state index is -1.27. The van der Waals surface area contributed by atoms with Gasteiger partial charge in [0.05, 0.1) is 38.6 Å². The number of nitrogens with zero attached hydrogens (tertiary/aromatic N) is 1. The number of aliphatic hydroxyl groups excluding tert-OH is 3. The molecule has 0 saturated heterocycles.